The maximum atomic E-state index is 12.3. The Labute approximate surface area is 141 Å². The van der Waals surface area contributed by atoms with Crippen molar-refractivity contribution in [3.63, 3.8) is 0 Å². The van der Waals surface area contributed by atoms with Crippen molar-refractivity contribution in [2.24, 2.45) is 0 Å². The number of nitrogens with zero attached hydrogens (tertiary/aromatic N) is 3. The van der Waals surface area contributed by atoms with Crippen molar-refractivity contribution in [3.8, 4) is 0 Å². The van der Waals surface area contributed by atoms with E-state index in [1.807, 2.05) is 12.4 Å². The molecule has 2 aromatic heterocycles. The Balaban J connectivity index is 1.25. The molecule has 6 nitrogen and oxygen atoms in total. The van der Waals surface area contributed by atoms with Gasteiger partial charge < -0.3 is 9.84 Å². The van der Waals surface area contributed by atoms with Crippen molar-refractivity contribution < 1.29 is 9.32 Å². The van der Waals surface area contributed by atoms with Crippen LogP contribution in [0.5, 0.6) is 0 Å². The largest absolute Gasteiger partial charge is 0.360 e. The highest BCUT2D eigenvalue weighted by Gasteiger charge is 2.29. The van der Waals surface area contributed by atoms with Crippen LogP contribution < -0.4 is 5.32 Å². The lowest BCUT2D eigenvalue weighted by Crippen LogP contribution is -2.44. The Bertz CT molecular complexity index is 688. The minimum absolute atomic E-state index is 0.113. The normalized spacial score (nSPS) is 19.3. The average molecular weight is 326 g/mol. The summed E-state index contributed by atoms with van der Waals surface area (Å²) in [5.74, 6) is 1.22. The van der Waals surface area contributed by atoms with Crippen LogP contribution in [-0.2, 0) is 6.54 Å². The fourth-order valence-electron chi connectivity index (χ4n) is 3.20. The number of carbonyl (C=O) groups excluding carboxylic acids is 1. The van der Waals surface area contributed by atoms with Gasteiger partial charge in [0.25, 0.3) is 5.91 Å². The molecule has 1 N–H and O–H groups in total. The summed E-state index contributed by atoms with van der Waals surface area (Å²) in [5.41, 5.74) is 1.69. The standard InChI is InChI=1S/C18H22N4O2/c23-18(16-11-17(24-21-16)14-1-2-14)20-15-5-9-22(10-6-15)12-13-3-7-19-8-4-13/h3-4,7-8,11,14-15H,1-2,5-6,9-10,12H2,(H,20,23). The number of pyridine rings is 1. The summed E-state index contributed by atoms with van der Waals surface area (Å²) >= 11 is 0. The fourth-order valence-corrected chi connectivity index (χ4v) is 3.20. The third-order valence-corrected chi connectivity index (χ3v) is 4.82. The van der Waals surface area contributed by atoms with E-state index in [2.05, 4.69) is 32.5 Å². The van der Waals surface area contributed by atoms with Gasteiger partial charge in [0.05, 0.1) is 0 Å². The monoisotopic (exact) mass is 326 g/mol. The van der Waals surface area contributed by atoms with Crippen LogP contribution in [0, 0.1) is 0 Å². The molecule has 2 fully saturated rings. The van der Waals surface area contributed by atoms with E-state index in [0.29, 0.717) is 11.6 Å². The molecule has 0 atom stereocenters. The summed E-state index contributed by atoms with van der Waals surface area (Å²) in [6.45, 7) is 2.91. The summed E-state index contributed by atoms with van der Waals surface area (Å²) in [4.78, 5) is 18.8. The maximum absolute atomic E-state index is 12.3. The first-order chi connectivity index (χ1) is 11.8. The van der Waals surface area contributed by atoms with Crippen LogP contribution in [0.2, 0.25) is 0 Å². The summed E-state index contributed by atoms with van der Waals surface area (Å²) in [7, 11) is 0. The smallest absolute Gasteiger partial charge is 0.273 e. The zero-order valence-corrected chi connectivity index (χ0v) is 13.6. The van der Waals surface area contributed by atoms with Gasteiger partial charge in [-0.05, 0) is 43.4 Å². The molecule has 6 heteroatoms. The number of carbonyl (C=O) groups is 1. The van der Waals surface area contributed by atoms with Crippen molar-refractivity contribution >= 4 is 5.91 Å². The van der Waals surface area contributed by atoms with Crippen LogP contribution in [0.4, 0.5) is 0 Å². The minimum Gasteiger partial charge on any atom is -0.360 e. The summed E-state index contributed by atoms with van der Waals surface area (Å²) in [6.07, 6.45) is 7.87. The van der Waals surface area contributed by atoms with Gasteiger partial charge in [0.2, 0.25) is 0 Å². The van der Waals surface area contributed by atoms with Crippen LogP contribution >= 0.6 is 0 Å². The lowest BCUT2D eigenvalue weighted by molar-refractivity contribution is 0.0899. The molecule has 1 aliphatic carbocycles. The van der Waals surface area contributed by atoms with Crippen molar-refractivity contribution in [2.45, 2.75) is 44.2 Å². The first-order valence-corrected chi connectivity index (χ1v) is 8.66. The van der Waals surface area contributed by atoms with Gasteiger partial charge in [-0.3, -0.25) is 14.7 Å². The van der Waals surface area contributed by atoms with Gasteiger partial charge >= 0.3 is 0 Å². The molecule has 3 heterocycles. The Kier molecular flexibility index (Phi) is 4.30. The molecule has 1 saturated carbocycles. The number of piperidine rings is 1. The number of hydrogen-bond donors (Lipinski definition) is 1. The Morgan fingerprint density at radius 1 is 1.21 bits per heavy atom. The molecule has 126 valence electrons. The second-order valence-electron chi connectivity index (χ2n) is 6.77. The zero-order valence-electron chi connectivity index (χ0n) is 13.6. The Morgan fingerprint density at radius 2 is 1.96 bits per heavy atom. The van der Waals surface area contributed by atoms with Gasteiger partial charge in [-0.1, -0.05) is 5.16 Å². The SMILES string of the molecule is O=C(NC1CCN(Cc2ccncc2)CC1)c1cc(C2CC2)on1. The predicted octanol–water partition coefficient (Wildman–Crippen LogP) is 2.34. The summed E-state index contributed by atoms with van der Waals surface area (Å²) in [5, 5.41) is 7.00. The van der Waals surface area contributed by atoms with Gasteiger partial charge in [0.15, 0.2) is 5.69 Å². The number of amides is 1. The zero-order chi connectivity index (χ0) is 16.4. The Hall–Kier alpha value is -2.21. The van der Waals surface area contributed by atoms with Crippen LogP contribution in [0.25, 0.3) is 0 Å². The van der Waals surface area contributed by atoms with Crippen molar-refractivity contribution in [3.05, 3.63) is 47.6 Å². The average Bonchev–Trinajstić information content (AvgIpc) is 3.34. The molecular formula is C18H22N4O2. The van der Waals surface area contributed by atoms with Gasteiger partial charge in [-0.25, -0.2) is 0 Å². The van der Waals surface area contributed by atoms with E-state index in [1.54, 1.807) is 6.07 Å². The third kappa shape index (κ3) is 3.64. The Morgan fingerprint density at radius 3 is 2.67 bits per heavy atom. The fraction of sp³-hybridized carbons (Fsp3) is 0.500. The molecule has 0 radical (unpaired) electrons. The molecule has 1 aliphatic heterocycles. The summed E-state index contributed by atoms with van der Waals surface area (Å²) in [6, 6.07) is 6.12. The molecule has 4 rings (SSSR count). The first-order valence-electron chi connectivity index (χ1n) is 8.66. The molecular weight excluding hydrogens is 304 g/mol. The van der Waals surface area contributed by atoms with Gasteiger partial charge in [-0.15, -0.1) is 0 Å². The number of likely N-dealkylation sites (tertiary alicyclic amines) is 1. The van der Waals surface area contributed by atoms with E-state index in [1.165, 1.54) is 5.56 Å². The van der Waals surface area contributed by atoms with Crippen molar-refractivity contribution in [2.75, 3.05) is 13.1 Å². The van der Waals surface area contributed by atoms with Crippen molar-refractivity contribution in [1.82, 2.24) is 20.4 Å². The molecule has 24 heavy (non-hydrogen) atoms. The molecule has 0 bridgehead atoms. The van der Waals surface area contributed by atoms with Gasteiger partial charge in [0, 0.05) is 50.1 Å². The highest BCUT2D eigenvalue weighted by Crippen LogP contribution is 2.40. The molecule has 0 spiro atoms. The van der Waals surface area contributed by atoms with Crippen LogP contribution in [-0.4, -0.2) is 40.1 Å². The quantitative estimate of drug-likeness (QED) is 0.913. The van der Waals surface area contributed by atoms with Crippen LogP contribution in [0.15, 0.2) is 35.1 Å². The highest BCUT2D eigenvalue weighted by atomic mass is 16.5. The highest BCUT2D eigenvalue weighted by molar-refractivity contribution is 5.92. The lowest BCUT2D eigenvalue weighted by atomic mass is 10.0. The second-order valence-corrected chi connectivity index (χ2v) is 6.77. The van der Waals surface area contributed by atoms with Gasteiger partial charge in [-0.2, -0.15) is 0 Å². The van der Waals surface area contributed by atoms with Crippen LogP contribution in [0.1, 0.15) is 53.4 Å². The molecule has 2 aromatic rings. The molecule has 0 aromatic carbocycles. The van der Waals surface area contributed by atoms with E-state index in [4.69, 9.17) is 4.52 Å². The van der Waals surface area contributed by atoms with Crippen molar-refractivity contribution in [1.29, 1.82) is 0 Å². The lowest BCUT2D eigenvalue weighted by Gasteiger charge is -2.32. The van der Waals surface area contributed by atoms with E-state index < -0.39 is 0 Å². The number of nitrogens with one attached hydrogen (secondary N) is 1. The number of rotatable bonds is 5. The maximum Gasteiger partial charge on any atom is 0.273 e. The van der Waals surface area contributed by atoms with E-state index in [-0.39, 0.29) is 11.9 Å². The number of aromatic nitrogens is 2. The van der Waals surface area contributed by atoms with Crippen LogP contribution in [0.3, 0.4) is 0 Å². The summed E-state index contributed by atoms with van der Waals surface area (Å²) < 4.78 is 5.26. The molecule has 2 aliphatic rings. The predicted molar refractivity (Wildman–Crippen MR) is 88.5 cm³/mol. The topological polar surface area (TPSA) is 71.3 Å². The third-order valence-electron chi connectivity index (χ3n) is 4.82. The van der Waals surface area contributed by atoms with E-state index >= 15 is 0 Å². The van der Waals surface area contributed by atoms with E-state index in [0.717, 1.165) is 51.1 Å². The van der Waals surface area contributed by atoms with Gasteiger partial charge in [0.1, 0.15) is 5.76 Å². The molecule has 1 amide bonds. The minimum atomic E-state index is -0.113. The number of hydrogen-bond acceptors (Lipinski definition) is 5. The van der Waals surface area contributed by atoms with E-state index in [9.17, 15) is 4.79 Å². The molecule has 1 saturated heterocycles. The second kappa shape index (κ2) is 6.73. The molecule has 0 unspecified atom stereocenters. The first kappa shape index (κ1) is 15.3.